The van der Waals surface area contributed by atoms with E-state index in [0.29, 0.717) is 23.7 Å². The van der Waals surface area contributed by atoms with Gasteiger partial charge in [0.05, 0.1) is 22.1 Å². The van der Waals surface area contributed by atoms with E-state index in [-0.39, 0.29) is 6.71 Å². The van der Waals surface area contributed by atoms with Crippen molar-refractivity contribution >= 4 is 77.5 Å². The fourth-order valence-corrected chi connectivity index (χ4v) is 14.7. The Morgan fingerprint density at radius 2 is 0.878 bits per heavy atom. The first-order valence-corrected chi connectivity index (χ1v) is 27.3. The van der Waals surface area contributed by atoms with Crippen LogP contribution in [-0.4, -0.2) is 15.8 Å². The Balaban J connectivity index is 1.16. The van der Waals surface area contributed by atoms with Gasteiger partial charge in [-0.2, -0.15) is 0 Å². The van der Waals surface area contributed by atoms with Crippen molar-refractivity contribution in [1.29, 1.82) is 0 Å². The maximum atomic E-state index is 2.80. The molecule has 354 valence electrons. The molecular weight excluding hydrogens is 892 g/mol. The topological polar surface area (TPSA) is 9.86 Å². The quantitative estimate of drug-likeness (QED) is 0.147. The molecule has 0 saturated heterocycles. The lowest BCUT2D eigenvalue weighted by molar-refractivity contribution is 0.744. The molecule has 0 amide bonds. The standard InChI is InChI=1S/C71H57BN2/c1-38(2)43-26-27-64-54(30-43)55-32-49(40(5)6)35-62-67(55)73(64)69-53(47-25-24-45-28-44(22-23-46(45)29-47)42-16-10-9-11-17-42)37-61-70-65(69)72(62)63-36-50(41(7)8)33-57-56-31-48(39(3)4)34-60(66(56)74(70)68(57)63)71(61)58-20-14-12-18-51(58)52-19-13-15-21-59(52)71/h9-41H,1-8H3. The number of hydrogen-bond acceptors (Lipinski definition) is 0. The van der Waals surface area contributed by atoms with Crippen LogP contribution in [-0.2, 0) is 5.41 Å². The lowest BCUT2D eigenvalue weighted by atomic mass is 9.33. The first-order valence-electron chi connectivity index (χ1n) is 27.3. The molecule has 0 atom stereocenters. The third-order valence-corrected chi connectivity index (χ3v) is 18.3. The van der Waals surface area contributed by atoms with E-state index in [4.69, 9.17) is 0 Å². The number of nitrogens with zero attached hydrogens (tertiary/aromatic N) is 2. The van der Waals surface area contributed by atoms with Gasteiger partial charge in [-0.15, -0.1) is 0 Å². The second-order valence-corrected chi connectivity index (χ2v) is 23.5. The second kappa shape index (κ2) is 14.7. The van der Waals surface area contributed by atoms with Gasteiger partial charge in [0.2, 0.25) is 0 Å². The van der Waals surface area contributed by atoms with Crippen LogP contribution in [0.3, 0.4) is 0 Å². The van der Waals surface area contributed by atoms with Gasteiger partial charge >= 0.3 is 0 Å². The largest absolute Gasteiger partial charge is 0.310 e. The minimum absolute atomic E-state index is 0.0109. The van der Waals surface area contributed by atoms with Crippen molar-refractivity contribution in [2.75, 3.05) is 0 Å². The van der Waals surface area contributed by atoms with Gasteiger partial charge in [-0.25, -0.2) is 0 Å². The van der Waals surface area contributed by atoms with Crippen LogP contribution in [0.2, 0.25) is 0 Å². The molecule has 74 heavy (non-hydrogen) atoms. The maximum Gasteiger partial charge on any atom is 0.252 e. The number of hydrogen-bond donors (Lipinski definition) is 0. The van der Waals surface area contributed by atoms with E-state index in [0.717, 1.165) is 0 Å². The molecule has 2 aromatic heterocycles. The number of benzene rings is 10. The van der Waals surface area contributed by atoms with Crippen molar-refractivity contribution in [2.24, 2.45) is 0 Å². The Kier molecular flexibility index (Phi) is 8.45. The van der Waals surface area contributed by atoms with Crippen LogP contribution in [0, 0.1) is 0 Å². The van der Waals surface area contributed by atoms with Gasteiger partial charge < -0.3 is 9.13 Å². The van der Waals surface area contributed by atoms with Crippen molar-refractivity contribution in [1.82, 2.24) is 9.13 Å². The van der Waals surface area contributed by atoms with E-state index >= 15 is 0 Å². The second-order valence-electron chi connectivity index (χ2n) is 23.5. The lowest BCUT2D eigenvalue weighted by Gasteiger charge is -2.45. The summed E-state index contributed by atoms with van der Waals surface area (Å²) in [5, 5.41) is 7.98. The average Bonchev–Trinajstić information content (AvgIpc) is 4.12. The van der Waals surface area contributed by atoms with Gasteiger partial charge in [0.25, 0.3) is 6.71 Å². The van der Waals surface area contributed by atoms with Crippen LogP contribution in [0.1, 0.15) is 124 Å². The number of rotatable bonds is 6. The third kappa shape index (κ3) is 5.23. The molecule has 0 N–H and O–H groups in total. The van der Waals surface area contributed by atoms with Crippen LogP contribution >= 0.6 is 0 Å². The summed E-state index contributed by atoms with van der Waals surface area (Å²) in [5.41, 5.74) is 30.6. The minimum Gasteiger partial charge on any atom is -0.310 e. The van der Waals surface area contributed by atoms with Crippen molar-refractivity contribution < 1.29 is 0 Å². The van der Waals surface area contributed by atoms with Gasteiger partial charge in [0, 0.05) is 43.8 Å². The Labute approximate surface area is 434 Å². The summed E-state index contributed by atoms with van der Waals surface area (Å²) in [5.74, 6) is 1.45. The Morgan fingerprint density at radius 3 is 1.51 bits per heavy atom. The highest BCUT2D eigenvalue weighted by molar-refractivity contribution is 7.00. The molecule has 1 aliphatic carbocycles. The van der Waals surface area contributed by atoms with E-state index in [2.05, 4.69) is 240 Å². The molecule has 5 heterocycles. The summed E-state index contributed by atoms with van der Waals surface area (Å²) in [7, 11) is 0. The van der Waals surface area contributed by atoms with E-state index < -0.39 is 5.41 Å². The first kappa shape index (κ1) is 42.6. The molecule has 12 aromatic rings. The zero-order chi connectivity index (χ0) is 49.8. The first-order chi connectivity index (χ1) is 36.0. The zero-order valence-electron chi connectivity index (χ0n) is 43.5. The molecule has 4 aliphatic rings. The summed E-state index contributed by atoms with van der Waals surface area (Å²) in [6.45, 7) is 19.0. The molecular formula is C71H57BN2. The smallest absolute Gasteiger partial charge is 0.252 e. The molecule has 10 aromatic carbocycles. The van der Waals surface area contributed by atoms with Gasteiger partial charge in [0.1, 0.15) is 0 Å². The highest BCUT2D eigenvalue weighted by Gasteiger charge is 2.55. The molecule has 3 heteroatoms. The Bertz CT molecular complexity index is 4450. The van der Waals surface area contributed by atoms with Crippen molar-refractivity contribution in [3.63, 3.8) is 0 Å². The fraction of sp³-hybridized carbons (Fsp3) is 0.183. The Morgan fingerprint density at radius 1 is 0.351 bits per heavy atom. The predicted molar refractivity (Wildman–Crippen MR) is 315 cm³/mol. The summed E-state index contributed by atoms with van der Waals surface area (Å²) in [6, 6.07) is 69.7. The van der Waals surface area contributed by atoms with Crippen molar-refractivity contribution in [2.45, 2.75) is 84.5 Å². The molecule has 0 unspecified atom stereocenters. The van der Waals surface area contributed by atoms with E-state index in [9.17, 15) is 0 Å². The summed E-state index contributed by atoms with van der Waals surface area (Å²) in [4.78, 5) is 0. The van der Waals surface area contributed by atoms with Gasteiger partial charge in [-0.1, -0.05) is 183 Å². The SMILES string of the molecule is CC(C)c1ccc2c(c1)c1cc(C(C)C)cc3c1n2-c1c(-c2ccc4cc(-c5ccccc5)ccc4c2)cc2c4c1B3c1cc(C(C)C)cc3c5cc(C(C)C)cc(c5n-4c13)C21c2ccccc2-c2ccccc21. The molecule has 0 radical (unpaired) electrons. The van der Waals surface area contributed by atoms with Crippen LogP contribution in [0.5, 0.6) is 0 Å². The summed E-state index contributed by atoms with van der Waals surface area (Å²) < 4.78 is 5.55. The lowest BCUT2D eigenvalue weighted by Crippen LogP contribution is -2.61. The molecule has 0 fully saturated rings. The van der Waals surface area contributed by atoms with Gasteiger partial charge in [0.15, 0.2) is 0 Å². The van der Waals surface area contributed by atoms with E-state index in [1.54, 1.807) is 0 Å². The predicted octanol–water partition coefficient (Wildman–Crippen LogP) is 16.7. The summed E-state index contributed by atoms with van der Waals surface area (Å²) in [6.07, 6.45) is 0. The van der Waals surface area contributed by atoms with Gasteiger partial charge in [-0.3, -0.25) is 0 Å². The van der Waals surface area contributed by atoms with Gasteiger partial charge in [-0.05, 0) is 172 Å². The average molecular weight is 949 g/mol. The normalized spacial score (nSPS) is 14.2. The van der Waals surface area contributed by atoms with Crippen LogP contribution in [0.25, 0.3) is 99.1 Å². The minimum atomic E-state index is -0.593. The number of aromatic nitrogens is 2. The zero-order valence-corrected chi connectivity index (χ0v) is 43.5. The van der Waals surface area contributed by atoms with Crippen molar-refractivity contribution in [3.05, 3.63) is 220 Å². The van der Waals surface area contributed by atoms with Crippen molar-refractivity contribution in [3.8, 4) is 44.8 Å². The highest BCUT2D eigenvalue weighted by Crippen LogP contribution is 2.63. The monoisotopic (exact) mass is 948 g/mol. The molecule has 0 saturated carbocycles. The van der Waals surface area contributed by atoms with E-state index in [1.165, 1.54) is 160 Å². The highest BCUT2D eigenvalue weighted by atomic mass is 15.1. The van der Waals surface area contributed by atoms with E-state index in [1.807, 2.05) is 0 Å². The molecule has 3 aliphatic heterocycles. The number of fused-ring (bicyclic) bond motifs is 15. The summed E-state index contributed by atoms with van der Waals surface area (Å²) >= 11 is 0. The molecule has 0 bridgehead atoms. The maximum absolute atomic E-state index is 2.80. The molecule has 16 rings (SSSR count). The third-order valence-electron chi connectivity index (χ3n) is 18.3. The van der Waals surface area contributed by atoms with Crippen LogP contribution in [0.4, 0.5) is 0 Å². The molecule has 2 nitrogen and oxygen atoms in total. The molecule has 1 spiro atoms. The Hall–Kier alpha value is -7.88. The fourth-order valence-electron chi connectivity index (χ4n) is 14.7. The van der Waals surface area contributed by atoms with Crippen LogP contribution in [0.15, 0.2) is 176 Å². The van der Waals surface area contributed by atoms with Crippen LogP contribution < -0.4 is 16.4 Å².